The standard InChI is InChI=1S/C15H17FN2O4/c1-8(17-14(20)22-15(2,3)4)12-18-11-6-5-9(16)7-10(11)13(19)21-12/h5-8H,1-4H3,(H,17,20)/t8-/m0/s1. The van der Waals surface area contributed by atoms with Crippen LogP contribution in [0.15, 0.2) is 27.4 Å². The third-order valence-electron chi connectivity index (χ3n) is 2.71. The number of nitrogens with zero attached hydrogens (tertiary/aromatic N) is 1. The van der Waals surface area contributed by atoms with Gasteiger partial charge in [0.25, 0.3) is 0 Å². The first kappa shape index (κ1) is 15.9. The van der Waals surface area contributed by atoms with Crippen molar-refractivity contribution in [3.05, 3.63) is 40.3 Å². The third-order valence-corrected chi connectivity index (χ3v) is 2.71. The van der Waals surface area contributed by atoms with Crippen molar-refractivity contribution in [3.8, 4) is 0 Å². The molecule has 0 unspecified atom stereocenters. The van der Waals surface area contributed by atoms with Crippen LogP contribution in [0.1, 0.15) is 39.6 Å². The van der Waals surface area contributed by atoms with Crippen LogP contribution in [0.2, 0.25) is 0 Å². The summed E-state index contributed by atoms with van der Waals surface area (Å²) in [5.41, 5.74) is -1.05. The molecule has 0 aliphatic rings. The SMILES string of the molecule is C[C@H](NC(=O)OC(C)(C)C)c1nc2ccc(F)cc2c(=O)o1. The minimum Gasteiger partial charge on any atom is -0.444 e. The van der Waals surface area contributed by atoms with Crippen molar-refractivity contribution in [1.29, 1.82) is 0 Å². The summed E-state index contributed by atoms with van der Waals surface area (Å²) >= 11 is 0. The Morgan fingerprint density at radius 3 is 2.73 bits per heavy atom. The van der Waals surface area contributed by atoms with Crippen molar-refractivity contribution in [2.24, 2.45) is 0 Å². The lowest BCUT2D eigenvalue weighted by molar-refractivity contribution is 0.0499. The Balaban J connectivity index is 2.25. The maximum Gasteiger partial charge on any atom is 0.408 e. The molecule has 2 aromatic rings. The van der Waals surface area contributed by atoms with Gasteiger partial charge in [0.05, 0.1) is 10.9 Å². The zero-order chi connectivity index (χ0) is 16.5. The lowest BCUT2D eigenvalue weighted by Crippen LogP contribution is -2.34. The number of alkyl carbamates (subject to hydrolysis) is 1. The molecule has 0 bridgehead atoms. The molecule has 1 atom stereocenters. The second-order valence-electron chi connectivity index (χ2n) is 5.87. The molecule has 0 aliphatic carbocycles. The molecular formula is C15H17FN2O4. The molecule has 0 fully saturated rings. The quantitative estimate of drug-likeness (QED) is 0.922. The summed E-state index contributed by atoms with van der Waals surface area (Å²) in [6, 6.07) is 2.97. The van der Waals surface area contributed by atoms with Crippen molar-refractivity contribution in [2.45, 2.75) is 39.3 Å². The molecule has 1 aromatic carbocycles. The van der Waals surface area contributed by atoms with E-state index in [1.165, 1.54) is 12.1 Å². The highest BCUT2D eigenvalue weighted by molar-refractivity contribution is 5.77. The predicted octanol–water partition coefficient (Wildman–Crippen LogP) is 2.91. The van der Waals surface area contributed by atoms with Gasteiger partial charge in [0.1, 0.15) is 17.5 Å². The summed E-state index contributed by atoms with van der Waals surface area (Å²) in [7, 11) is 0. The molecule has 0 saturated heterocycles. The molecule has 0 radical (unpaired) electrons. The fourth-order valence-corrected chi connectivity index (χ4v) is 1.79. The number of carbonyl (C=O) groups is 1. The van der Waals surface area contributed by atoms with Gasteiger partial charge in [-0.1, -0.05) is 0 Å². The van der Waals surface area contributed by atoms with Gasteiger partial charge < -0.3 is 14.5 Å². The lowest BCUT2D eigenvalue weighted by atomic mass is 10.2. The zero-order valence-corrected chi connectivity index (χ0v) is 12.8. The molecule has 0 aliphatic heterocycles. The van der Waals surface area contributed by atoms with E-state index >= 15 is 0 Å². The van der Waals surface area contributed by atoms with E-state index in [9.17, 15) is 14.0 Å². The fraction of sp³-hybridized carbons (Fsp3) is 0.400. The summed E-state index contributed by atoms with van der Waals surface area (Å²) in [5, 5.41) is 2.57. The molecule has 1 amide bonds. The first-order chi connectivity index (χ1) is 10.2. The normalized spacial score (nSPS) is 13.0. The van der Waals surface area contributed by atoms with Crippen molar-refractivity contribution in [1.82, 2.24) is 10.3 Å². The Bertz CT molecular complexity index is 764. The van der Waals surface area contributed by atoms with Gasteiger partial charge in [0, 0.05) is 0 Å². The second kappa shape index (κ2) is 5.75. The number of hydrogen-bond donors (Lipinski definition) is 1. The van der Waals surface area contributed by atoms with E-state index in [0.717, 1.165) is 6.07 Å². The van der Waals surface area contributed by atoms with E-state index in [-0.39, 0.29) is 11.3 Å². The average molecular weight is 308 g/mol. The first-order valence-corrected chi connectivity index (χ1v) is 6.75. The minimum atomic E-state index is -0.711. The Morgan fingerprint density at radius 1 is 1.41 bits per heavy atom. The van der Waals surface area contributed by atoms with Crippen LogP contribution in [0.5, 0.6) is 0 Å². The fourth-order valence-electron chi connectivity index (χ4n) is 1.79. The van der Waals surface area contributed by atoms with Crippen molar-refractivity contribution in [2.75, 3.05) is 0 Å². The molecule has 0 saturated carbocycles. The highest BCUT2D eigenvalue weighted by Crippen LogP contribution is 2.15. The molecule has 1 aromatic heterocycles. The Labute approximate surface area is 126 Å². The molecule has 22 heavy (non-hydrogen) atoms. The molecule has 118 valence electrons. The number of carbonyl (C=O) groups excluding carboxylic acids is 1. The van der Waals surface area contributed by atoms with Gasteiger partial charge >= 0.3 is 11.7 Å². The van der Waals surface area contributed by atoms with E-state index < -0.39 is 29.2 Å². The molecule has 1 N–H and O–H groups in total. The minimum absolute atomic E-state index is 0.0231. The number of amides is 1. The number of benzene rings is 1. The third kappa shape index (κ3) is 3.81. The van der Waals surface area contributed by atoms with Crippen LogP contribution in [-0.2, 0) is 4.74 Å². The van der Waals surface area contributed by atoms with Crippen LogP contribution in [0, 0.1) is 5.82 Å². The average Bonchev–Trinajstić information content (AvgIpc) is 2.37. The van der Waals surface area contributed by atoms with Crippen LogP contribution in [0.25, 0.3) is 10.9 Å². The van der Waals surface area contributed by atoms with Crippen molar-refractivity contribution < 1.29 is 18.3 Å². The predicted molar refractivity (Wildman–Crippen MR) is 78.0 cm³/mol. The van der Waals surface area contributed by atoms with Crippen LogP contribution in [-0.4, -0.2) is 16.7 Å². The Kier molecular flexibility index (Phi) is 4.16. The first-order valence-electron chi connectivity index (χ1n) is 6.75. The van der Waals surface area contributed by atoms with Gasteiger partial charge in [-0.05, 0) is 45.9 Å². The zero-order valence-electron chi connectivity index (χ0n) is 12.8. The van der Waals surface area contributed by atoms with Crippen LogP contribution in [0.3, 0.4) is 0 Å². The highest BCUT2D eigenvalue weighted by atomic mass is 19.1. The van der Waals surface area contributed by atoms with E-state index in [0.29, 0.717) is 5.52 Å². The molecule has 6 nitrogen and oxygen atoms in total. The van der Waals surface area contributed by atoms with Gasteiger partial charge in [-0.3, -0.25) is 0 Å². The molecule has 0 spiro atoms. The molecule has 2 rings (SSSR count). The van der Waals surface area contributed by atoms with Gasteiger partial charge in [-0.25, -0.2) is 19.0 Å². The number of nitrogens with one attached hydrogen (secondary N) is 1. The summed E-state index contributed by atoms with van der Waals surface area (Å²) < 4.78 is 23.3. The summed E-state index contributed by atoms with van der Waals surface area (Å²) in [5.74, 6) is -0.524. The summed E-state index contributed by atoms with van der Waals surface area (Å²) in [4.78, 5) is 27.7. The largest absolute Gasteiger partial charge is 0.444 e. The van der Waals surface area contributed by atoms with Gasteiger partial charge in [-0.2, -0.15) is 0 Å². The van der Waals surface area contributed by atoms with Crippen LogP contribution >= 0.6 is 0 Å². The van der Waals surface area contributed by atoms with Gasteiger partial charge in [0.2, 0.25) is 5.89 Å². The Morgan fingerprint density at radius 2 is 2.09 bits per heavy atom. The van der Waals surface area contributed by atoms with Gasteiger partial charge in [0.15, 0.2) is 0 Å². The van der Waals surface area contributed by atoms with E-state index in [1.54, 1.807) is 27.7 Å². The Hall–Kier alpha value is -2.44. The number of halogens is 1. The highest BCUT2D eigenvalue weighted by Gasteiger charge is 2.20. The smallest absolute Gasteiger partial charge is 0.408 e. The maximum absolute atomic E-state index is 13.1. The number of rotatable bonds is 2. The van der Waals surface area contributed by atoms with Crippen molar-refractivity contribution >= 4 is 17.0 Å². The lowest BCUT2D eigenvalue weighted by Gasteiger charge is -2.21. The van der Waals surface area contributed by atoms with E-state index in [2.05, 4.69) is 10.3 Å². The molecule has 1 heterocycles. The monoisotopic (exact) mass is 308 g/mol. The molecule has 7 heteroatoms. The summed E-state index contributed by atoms with van der Waals surface area (Å²) in [6.07, 6.45) is -0.649. The second-order valence-corrected chi connectivity index (χ2v) is 5.87. The number of aromatic nitrogens is 1. The van der Waals surface area contributed by atoms with E-state index in [4.69, 9.17) is 9.15 Å². The number of hydrogen-bond acceptors (Lipinski definition) is 5. The van der Waals surface area contributed by atoms with Crippen molar-refractivity contribution in [3.63, 3.8) is 0 Å². The van der Waals surface area contributed by atoms with Gasteiger partial charge in [-0.15, -0.1) is 0 Å². The number of fused-ring (bicyclic) bond motifs is 1. The van der Waals surface area contributed by atoms with Crippen LogP contribution < -0.4 is 10.9 Å². The van der Waals surface area contributed by atoms with Crippen LogP contribution in [0.4, 0.5) is 9.18 Å². The topological polar surface area (TPSA) is 81.4 Å². The number of ether oxygens (including phenoxy) is 1. The molecular weight excluding hydrogens is 291 g/mol. The maximum atomic E-state index is 13.1. The van der Waals surface area contributed by atoms with E-state index in [1.807, 2.05) is 0 Å². The summed E-state index contributed by atoms with van der Waals surface area (Å²) in [6.45, 7) is 6.81.